The van der Waals surface area contributed by atoms with Crippen LogP contribution in [0.5, 0.6) is 0 Å². The molecule has 0 saturated carbocycles. The van der Waals surface area contributed by atoms with Gasteiger partial charge >= 0.3 is 0 Å². The molecule has 0 aromatic heterocycles. The number of halogens is 1. The number of anilines is 2. The van der Waals surface area contributed by atoms with Gasteiger partial charge in [-0.1, -0.05) is 12.1 Å². The Kier molecular flexibility index (Phi) is 7.60. The van der Waals surface area contributed by atoms with Gasteiger partial charge < -0.3 is 5.32 Å². The number of rotatable bonds is 10. The minimum atomic E-state index is -3.32. The molecule has 0 bridgehead atoms. The number of carbonyl (C=O) groups excluding carboxylic acids is 3. The summed E-state index contributed by atoms with van der Waals surface area (Å²) in [6.45, 7) is 2.79. The van der Waals surface area contributed by atoms with Crippen LogP contribution in [0.4, 0.5) is 15.8 Å². The minimum absolute atomic E-state index is 0.176. The van der Waals surface area contributed by atoms with E-state index in [1.807, 2.05) is 0 Å². The Morgan fingerprint density at radius 2 is 1.67 bits per heavy atom. The number of benzene rings is 2. The summed E-state index contributed by atoms with van der Waals surface area (Å²) >= 11 is 0. The number of alkyl halides is 1. The molecule has 1 heterocycles. The molecule has 0 unspecified atom stereocenters. The number of imide groups is 1. The lowest BCUT2D eigenvalue weighted by Crippen LogP contribution is -2.31. The molecule has 3 rings (SSSR count). The summed E-state index contributed by atoms with van der Waals surface area (Å²) in [5, 5.41) is 2.19. The molecule has 0 saturated heterocycles. The lowest BCUT2D eigenvalue weighted by atomic mass is 10.1. The zero-order valence-corrected chi connectivity index (χ0v) is 19.2. The molecule has 2 N–H and O–H groups in total. The summed E-state index contributed by atoms with van der Waals surface area (Å²) in [7, 11) is -3.32. The van der Waals surface area contributed by atoms with Gasteiger partial charge in [0, 0.05) is 18.7 Å². The highest BCUT2D eigenvalue weighted by molar-refractivity contribution is 7.90. The second-order valence-corrected chi connectivity index (χ2v) is 10.3. The predicted molar refractivity (Wildman–Crippen MR) is 123 cm³/mol. The van der Waals surface area contributed by atoms with E-state index in [1.165, 1.54) is 36.4 Å². The number of nitrogens with zero attached hydrogens (tertiary/aromatic N) is 1. The number of carbonyl (C=O) groups is 3. The molecule has 33 heavy (non-hydrogen) atoms. The van der Waals surface area contributed by atoms with Crippen molar-refractivity contribution in [2.45, 2.75) is 45.0 Å². The van der Waals surface area contributed by atoms with Gasteiger partial charge in [-0.05, 0) is 62.6 Å². The van der Waals surface area contributed by atoms with Gasteiger partial charge in [0.25, 0.3) is 11.8 Å². The van der Waals surface area contributed by atoms with Crippen molar-refractivity contribution in [3.05, 3.63) is 59.2 Å². The number of sulfonamides is 1. The fourth-order valence-corrected chi connectivity index (χ4v) is 4.06. The number of amides is 3. The van der Waals surface area contributed by atoms with Crippen molar-refractivity contribution in [3.8, 4) is 0 Å². The van der Waals surface area contributed by atoms with Crippen molar-refractivity contribution in [2.75, 3.05) is 16.8 Å². The maximum atomic E-state index is 12.8. The third-order valence-corrected chi connectivity index (χ3v) is 7.12. The SMILES string of the molecule is CC(C)S(=O)(=O)NCCCCC(=O)Nc1ccc2c(c1)C(=O)N(c1ccc(CF)cc1)C2=O. The van der Waals surface area contributed by atoms with Crippen LogP contribution in [0.15, 0.2) is 42.5 Å². The zero-order chi connectivity index (χ0) is 24.2. The summed E-state index contributed by atoms with van der Waals surface area (Å²) in [5.41, 5.74) is 1.57. The van der Waals surface area contributed by atoms with E-state index in [4.69, 9.17) is 0 Å². The molecular weight excluding hydrogens is 449 g/mol. The van der Waals surface area contributed by atoms with Crippen molar-refractivity contribution in [3.63, 3.8) is 0 Å². The molecule has 1 aliphatic rings. The first-order valence-electron chi connectivity index (χ1n) is 10.6. The van der Waals surface area contributed by atoms with E-state index in [0.717, 1.165) is 4.90 Å². The maximum absolute atomic E-state index is 12.8. The summed E-state index contributed by atoms with van der Waals surface area (Å²) in [5.74, 6) is -1.28. The number of fused-ring (bicyclic) bond motifs is 1. The first-order chi connectivity index (χ1) is 15.6. The Hall–Kier alpha value is -3.11. The molecule has 2 aromatic carbocycles. The summed E-state index contributed by atoms with van der Waals surface area (Å²) in [6.07, 6.45) is 1.17. The molecule has 0 fully saturated rings. The Bertz CT molecular complexity index is 1160. The lowest BCUT2D eigenvalue weighted by molar-refractivity contribution is -0.116. The fourth-order valence-electron chi connectivity index (χ4n) is 3.30. The van der Waals surface area contributed by atoms with E-state index in [2.05, 4.69) is 10.0 Å². The van der Waals surface area contributed by atoms with Gasteiger partial charge in [0.2, 0.25) is 15.9 Å². The normalized spacial score (nSPS) is 13.5. The molecule has 0 aliphatic carbocycles. The Morgan fingerprint density at radius 3 is 2.30 bits per heavy atom. The lowest BCUT2D eigenvalue weighted by Gasteiger charge is -2.13. The van der Waals surface area contributed by atoms with Crippen LogP contribution in [0.3, 0.4) is 0 Å². The first-order valence-corrected chi connectivity index (χ1v) is 12.1. The number of hydrogen-bond donors (Lipinski definition) is 2. The van der Waals surface area contributed by atoms with Crippen LogP contribution in [0, 0.1) is 0 Å². The summed E-state index contributed by atoms with van der Waals surface area (Å²) in [4.78, 5) is 38.8. The van der Waals surface area contributed by atoms with Crippen LogP contribution in [0.1, 0.15) is 59.4 Å². The molecule has 176 valence electrons. The summed E-state index contributed by atoms with van der Waals surface area (Å²) < 4.78 is 38.6. The largest absolute Gasteiger partial charge is 0.326 e. The molecule has 10 heteroatoms. The second-order valence-electron chi connectivity index (χ2n) is 8.00. The molecule has 0 atom stereocenters. The van der Waals surface area contributed by atoms with Crippen molar-refractivity contribution in [1.29, 1.82) is 0 Å². The average Bonchev–Trinajstić information content (AvgIpc) is 3.03. The fraction of sp³-hybridized carbons (Fsp3) is 0.348. The third-order valence-electron chi connectivity index (χ3n) is 5.27. The topological polar surface area (TPSA) is 113 Å². The van der Waals surface area contributed by atoms with Gasteiger partial charge in [0.1, 0.15) is 6.67 Å². The second kappa shape index (κ2) is 10.2. The predicted octanol–water partition coefficient (Wildman–Crippen LogP) is 3.39. The number of unbranched alkanes of at least 4 members (excludes halogenated alkanes) is 1. The van der Waals surface area contributed by atoms with E-state index in [9.17, 15) is 27.2 Å². The van der Waals surface area contributed by atoms with Crippen molar-refractivity contribution >= 4 is 39.1 Å². The molecule has 3 amide bonds. The van der Waals surface area contributed by atoms with Gasteiger partial charge in [-0.15, -0.1) is 0 Å². The Morgan fingerprint density at radius 1 is 1.00 bits per heavy atom. The molecule has 0 radical (unpaired) electrons. The van der Waals surface area contributed by atoms with E-state index in [-0.39, 0.29) is 30.0 Å². The van der Waals surface area contributed by atoms with E-state index >= 15 is 0 Å². The van der Waals surface area contributed by atoms with E-state index in [0.29, 0.717) is 29.8 Å². The molecule has 2 aromatic rings. The Labute approximate surface area is 192 Å². The van der Waals surface area contributed by atoms with Crippen LogP contribution in [-0.2, 0) is 21.5 Å². The summed E-state index contributed by atoms with van der Waals surface area (Å²) in [6, 6.07) is 10.5. The zero-order valence-electron chi connectivity index (χ0n) is 18.4. The average molecular weight is 476 g/mol. The highest BCUT2D eigenvalue weighted by Gasteiger charge is 2.36. The molecule has 0 spiro atoms. The first kappa shape index (κ1) is 24.5. The highest BCUT2D eigenvalue weighted by atomic mass is 32.2. The van der Waals surface area contributed by atoms with E-state index < -0.39 is 33.8 Å². The van der Waals surface area contributed by atoms with E-state index in [1.54, 1.807) is 19.9 Å². The monoisotopic (exact) mass is 475 g/mol. The quantitative estimate of drug-likeness (QED) is 0.404. The van der Waals surface area contributed by atoms with Crippen molar-refractivity contribution in [1.82, 2.24) is 4.72 Å². The molecular formula is C23H26FN3O5S. The van der Waals surface area contributed by atoms with Gasteiger partial charge in [0.05, 0.1) is 22.1 Å². The van der Waals surface area contributed by atoms with Crippen LogP contribution in [0.2, 0.25) is 0 Å². The van der Waals surface area contributed by atoms with Gasteiger partial charge in [-0.2, -0.15) is 0 Å². The van der Waals surface area contributed by atoms with Gasteiger partial charge in [-0.25, -0.2) is 22.4 Å². The number of nitrogens with one attached hydrogen (secondary N) is 2. The standard InChI is InChI=1S/C23H26FN3O5S/c1-15(2)33(31,32)25-12-4-3-5-21(28)26-17-8-11-19-20(13-17)23(30)27(22(19)29)18-9-6-16(14-24)7-10-18/h6-11,13,15,25H,3-5,12,14H2,1-2H3,(H,26,28). The molecule has 8 nitrogen and oxygen atoms in total. The highest BCUT2D eigenvalue weighted by Crippen LogP contribution is 2.30. The minimum Gasteiger partial charge on any atom is -0.326 e. The van der Waals surface area contributed by atoms with Gasteiger partial charge in [0.15, 0.2) is 0 Å². The van der Waals surface area contributed by atoms with Crippen LogP contribution in [-0.4, -0.2) is 37.9 Å². The number of hydrogen-bond acceptors (Lipinski definition) is 5. The van der Waals surface area contributed by atoms with Gasteiger partial charge in [-0.3, -0.25) is 14.4 Å². The molecule has 1 aliphatic heterocycles. The van der Waals surface area contributed by atoms with Crippen LogP contribution in [0.25, 0.3) is 0 Å². The maximum Gasteiger partial charge on any atom is 0.266 e. The van der Waals surface area contributed by atoms with Crippen LogP contribution >= 0.6 is 0 Å². The van der Waals surface area contributed by atoms with Crippen molar-refractivity contribution < 1.29 is 27.2 Å². The Balaban J connectivity index is 1.58. The van der Waals surface area contributed by atoms with Crippen molar-refractivity contribution in [2.24, 2.45) is 0 Å². The smallest absolute Gasteiger partial charge is 0.266 e. The third kappa shape index (κ3) is 5.63. The van der Waals surface area contributed by atoms with Crippen LogP contribution < -0.4 is 14.9 Å².